The Morgan fingerprint density at radius 2 is 2.00 bits per heavy atom. The van der Waals surface area contributed by atoms with Gasteiger partial charge in [-0.25, -0.2) is 9.78 Å². The number of nitrogens with zero attached hydrogens (tertiary/aromatic N) is 5. The number of likely N-dealkylation sites (tertiary alicyclic amines) is 1. The lowest BCUT2D eigenvalue weighted by Gasteiger charge is -2.30. The number of amides is 1. The topological polar surface area (TPSA) is 108 Å². The Bertz CT molecular complexity index is 938. The molecule has 136 valence electrons. The zero-order valence-corrected chi connectivity index (χ0v) is 14.9. The molecule has 0 saturated carbocycles. The third kappa shape index (κ3) is 3.11. The van der Waals surface area contributed by atoms with E-state index in [0.717, 1.165) is 24.1 Å². The van der Waals surface area contributed by atoms with Gasteiger partial charge in [0.15, 0.2) is 11.2 Å². The number of nitrogens with two attached hydrogens (primary N) is 1. The summed E-state index contributed by atoms with van der Waals surface area (Å²) in [5.41, 5.74) is 4.99. The van der Waals surface area contributed by atoms with Crippen molar-refractivity contribution in [2.75, 3.05) is 13.1 Å². The maximum Gasteiger partial charge on any atom is 0.332 e. The van der Waals surface area contributed by atoms with E-state index in [0.29, 0.717) is 18.3 Å². The fraction of sp³-hybridized carbons (Fsp3) is 0.625. The summed E-state index contributed by atoms with van der Waals surface area (Å²) >= 11 is 0. The van der Waals surface area contributed by atoms with E-state index < -0.39 is 17.2 Å². The number of primary amides is 1. The summed E-state index contributed by atoms with van der Waals surface area (Å²) in [7, 11) is 2.98. The molecule has 0 radical (unpaired) electrons. The van der Waals surface area contributed by atoms with Gasteiger partial charge in [0.05, 0.1) is 6.54 Å². The molecule has 0 bridgehead atoms. The zero-order valence-electron chi connectivity index (χ0n) is 14.9. The Morgan fingerprint density at radius 1 is 1.28 bits per heavy atom. The van der Waals surface area contributed by atoms with Gasteiger partial charge in [0, 0.05) is 20.6 Å². The molecule has 25 heavy (non-hydrogen) atoms. The highest BCUT2D eigenvalue weighted by atomic mass is 16.2. The molecule has 3 rings (SSSR count). The lowest BCUT2D eigenvalue weighted by atomic mass is 10.0. The van der Waals surface area contributed by atoms with Crippen molar-refractivity contribution in [3.8, 4) is 0 Å². The number of hydrogen-bond donors (Lipinski definition) is 1. The second-order valence-corrected chi connectivity index (χ2v) is 6.94. The van der Waals surface area contributed by atoms with Gasteiger partial charge in [0.1, 0.15) is 12.4 Å². The van der Waals surface area contributed by atoms with Crippen LogP contribution >= 0.6 is 0 Å². The first-order valence-corrected chi connectivity index (χ1v) is 8.45. The normalized spacial score (nSPS) is 18.8. The summed E-state index contributed by atoms with van der Waals surface area (Å²) < 4.78 is 3.91. The van der Waals surface area contributed by atoms with Crippen LogP contribution in [-0.2, 0) is 32.0 Å². The SMILES string of the molecule is C[C@@H]1CCCN(Cc2nc3c(c(=O)n(C)c(=O)n3C)n2CC(N)=O)C1. The average Bonchev–Trinajstić information content (AvgIpc) is 2.89. The number of hydrogen-bond acceptors (Lipinski definition) is 5. The molecule has 3 heterocycles. The Balaban J connectivity index is 2.15. The highest BCUT2D eigenvalue weighted by molar-refractivity contribution is 5.78. The maximum absolute atomic E-state index is 12.6. The highest BCUT2D eigenvalue weighted by Gasteiger charge is 2.23. The van der Waals surface area contributed by atoms with Crippen LogP contribution in [0.15, 0.2) is 9.59 Å². The number of fused-ring (bicyclic) bond motifs is 1. The van der Waals surface area contributed by atoms with Gasteiger partial charge in [-0.1, -0.05) is 6.92 Å². The minimum atomic E-state index is -0.552. The largest absolute Gasteiger partial charge is 0.368 e. The van der Waals surface area contributed by atoms with E-state index >= 15 is 0 Å². The molecular weight excluding hydrogens is 324 g/mol. The summed E-state index contributed by atoms with van der Waals surface area (Å²) in [4.78, 5) is 43.0. The van der Waals surface area contributed by atoms with Crippen molar-refractivity contribution >= 4 is 17.1 Å². The number of carbonyl (C=O) groups excluding carboxylic acids is 1. The van der Waals surface area contributed by atoms with E-state index in [2.05, 4.69) is 16.8 Å². The predicted octanol–water partition coefficient (Wildman–Crippen LogP) is -0.849. The van der Waals surface area contributed by atoms with E-state index in [1.165, 1.54) is 18.0 Å². The third-order valence-electron chi connectivity index (χ3n) is 4.85. The number of imidazole rings is 1. The Morgan fingerprint density at radius 3 is 2.64 bits per heavy atom. The summed E-state index contributed by atoms with van der Waals surface area (Å²) in [5, 5.41) is 0. The summed E-state index contributed by atoms with van der Waals surface area (Å²) in [6.45, 7) is 4.47. The second kappa shape index (κ2) is 6.47. The van der Waals surface area contributed by atoms with E-state index in [4.69, 9.17) is 5.73 Å². The standard InChI is InChI=1S/C16H24N6O3/c1-10-5-4-6-21(7-10)9-12-18-14-13(22(12)8-11(17)23)15(24)20(3)16(25)19(14)2/h10H,4-9H2,1-3H3,(H2,17,23)/t10-/m1/s1. The molecule has 0 unspecified atom stereocenters. The maximum atomic E-state index is 12.6. The molecule has 9 nitrogen and oxygen atoms in total. The molecule has 2 aromatic rings. The Kier molecular flexibility index (Phi) is 4.51. The number of aromatic nitrogens is 4. The summed E-state index contributed by atoms with van der Waals surface area (Å²) in [6.07, 6.45) is 2.31. The zero-order chi connectivity index (χ0) is 18.3. The number of piperidine rings is 1. The van der Waals surface area contributed by atoms with Crippen LogP contribution in [0.1, 0.15) is 25.6 Å². The second-order valence-electron chi connectivity index (χ2n) is 6.94. The molecule has 1 amide bonds. The van der Waals surface area contributed by atoms with Crippen LogP contribution in [0.5, 0.6) is 0 Å². The van der Waals surface area contributed by atoms with Gasteiger partial charge in [-0.3, -0.25) is 23.6 Å². The van der Waals surface area contributed by atoms with E-state index in [1.807, 2.05) is 0 Å². The van der Waals surface area contributed by atoms with Crippen molar-refractivity contribution < 1.29 is 4.79 Å². The van der Waals surface area contributed by atoms with Gasteiger partial charge in [0.25, 0.3) is 5.56 Å². The molecule has 0 aliphatic carbocycles. The monoisotopic (exact) mass is 348 g/mol. The van der Waals surface area contributed by atoms with Crippen molar-refractivity contribution in [3.05, 3.63) is 26.7 Å². The van der Waals surface area contributed by atoms with Crippen LogP contribution in [0, 0.1) is 5.92 Å². The van der Waals surface area contributed by atoms with Crippen LogP contribution in [-0.4, -0.2) is 42.6 Å². The first kappa shape index (κ1) is 17.4. The van der Waals surface area contributed by atoms with Crippen LogP contribution in [0.2, 0.25) is 0 Å². The fourth-order valence-electron chi connectivity index (χ4n) is 3.57. The van der Waals surface area contributed by atoms with Crippen LogP contribution in [0.4, 0.5) is 0 Å². The summed E-state index contributed by atoms with van der Waals surface area (Å²) in [5.74, 6) is 0.629. The molecule has 1 aliphatic rings. The van der Waals surface area contributed by atoms with Gasteiger partial charge in [0.2, 0.25) is 5.91 Å². The lowest BCUT2D eigenvalue weighted by Crippen LogP contribution is -2.38. The molecule has 1 fully saturated rings. The van der Waals surface area contributed by atoms with Crippen molar-refractivity contribution in [2.24, 2.45) is 25.7 Å². The molecular formula is C16H24N6O3. The number of carbonyl (C=O) groups is 1. The van der Waals surface area contributed by atoms with E-state index in [1.54, 1.807) is 11.6 Å². The van der Waals surface area contributed by atoms with Crippen molar-refractivity contribution in [3.63, 3.8) is 0 Å². The van der Waals surface area contributed by atoms with Gasteiger partial charge in [-0.05, 0) is 25.3 Å². The average molecular weight is 348 g/mol. The fourth-order valence-corrected chi connectivity index (χ4v) is 3.57. The molecule has 9 heteroatoms. The quantitative estimate of drug-likeness (QED) is 0.774. The van der Waals surface area contributed by atoms with Crippen LogP contribution in [0.3, 0.4) is 0 Å². The van der Waals surface area contributed by atoms with Gasteiger partial charge in [-0.2, -0.15) is 0 Å². The number of aryl methyl sites for hydroxylation is 1. The number of rotatable bonds is 4. The minimum absolute atomic E-state index is 0.136. The van der Waals surface area contributed by atoms with E-state index in [9.17, 15) is 14.4 Å². The van der Waals surface area contributed by atoms with Gasteiger partial charge >= 0.3 is 5.69 Å². The third-order valence-corrected chi connectivity index (χ3v) is 4.85. The highest BCUT2D eigenvalue weighted by Crippen LogP contribution is 2.19. The van der Waals surface area contributed by atoms with Crippen molar-refractivity contribution in [2.45, 2.75) is 32.9 Å². The Hall–Kier alpha value is -2.42. The van der Waals surface area contributed by atoms with E-state index in [-0.39, 0.29) is 17.7 Å². The first-order valence-electron chi connectivity index (χ1n) is 8.45. The molecule has 1 saturated heterocycles. The first-order chi connectivity index (χ1) is 11.8. The molecule has 1 atom stereocenters. The minimum Gasteiger partial charge on any atom is -0.368 e. The van der Waals surface area contributed by atoms with Gasteiger partial charge in [-0.15, -0.1) is 0 Å². The van der Waals surface area contributed by atoms with Crippen molar-refractivity contribution in [1.29, 1.82) is 0 Å². The molecule has 1 aliphatic heterocycles. The lowest BCUT2D eigenvalue weighted by molar-refractivity contribution is -0.118. The molecule has 0 spiro atoms. The molecule has 2 N–H and O–H groups in total. The molecule has 0 aromatic carbocycles. The van der Waals surface area contributed by atoms with Gasteiger partial charge < -0.3 is 10.3 Å². The predicted molar refractivity (Wildman–Crippen MR) is 93.1 cm³/mol. The summed E-state index contributed by atoms with van der Waals surface area (Å²) in [6, 6.07) is 0. The van der Waals surface area contributed by atoms with Crippen LogP contribution in [0.25, 0.3) is 11.2 Å². The van der Waals surface area contributed by atoms with Crippen molar-refractivity contribution in [1.82, 2.24) is 23.6 Å². The van der Waals surface area contributed by atoms with Crippen LogP contribution < -0.4 is 17.0 Å². The molecule has 2 aromatic heterocycles. The smallest absolute Gasteiger partial charge is 0.332 e. The Labute approximate surface area is 144 Å².